The number of nitrogen functional groups attached to an aromatic ring is 1. The Morgan fingerprint density at radius 2 is 1.85 bits per heavy atom. The normalized spacial score (nSPS) is 10.7. The van der Waals surface area contributed by atoms with Crippen molar-refractivity contribution in [3.63, 3.8) is 0 Å². The second-order valence-corrected chi connectivity index (χ2v) is 4.94. The van der Waals surface area contributed by atoms with Crippen molar-refractivity contribution in [2.45, 2.75) is 13.3 Å². The van der Waals surface area contributed by atoms with E-state index in [1.54, 1.807) is 0 Å². The zero-order valence-electron chi connectivity index (χ0n) is 11.4. The molecule has 0 aliphatic heterocycles. The van der Waals surface area contributed by atoms with Crippen LogP contribution in [0.3, 0.4) is 0 Å². The second-order valence-electron chi connectivity index (χ2n) is 4.94. The standard InChI is InChI=1S/C17H17N3/c1-12-17(14-8-5-9-15(18)11-14)20-16(19-12)10-13-6-3-2-4-7-13/h2-9,11H,10,18H2,1H3,(H,19,20). The molecule has 0 atom stereocenters. The first-order valence-electron chi connectivity index (χ1n) is 6.68. The van der Waals surface area contributed by atoms with Crippen LogP contribution in [0.15, 0.2) is 54.6 Å². The lowest BCUT2D eigenvalue weighted by atomic mass is 10.1. The van der Waals surface area contributed by atoms with Crippen LogP contribution in [-0.4, -0.2) is 9.97 Å². The molecule has 0 spiro atoms. The van der Waals surface area contributed by atoms with Gasteiger partial charge >= 0.3 is 0 Å². The highest BCUT2D eigenvalue weighted by atomic mass is 14.9. The van der Waals surface area contributed by atoms with Gasteiger partial charge in [-0.25, -0.2) is 4.98 Å². The van der Waals surface area contributed by atoms with Gasteiger partial charge in [0.05, 0.1) is 5.69 Å². The van der Waals surface area contributed by atoms with Crippen LogP contribution in [0.4, 0.5) is 5.69 Å². The smallest absolute Gasteiger partial charge is 0.111 e. The van der Waals surface area contributed by atoms with Crippen LogP contribution >= 0.6 is 0 Å². The molecule has 0 fully saturated rings. The van der Waals surface area contributed by atoms with Crippen LogP contribution in [0.2, 0.25) is 0 Å². The Kier molecular flexibility index (Phi) is 3.25. The number of hydrogen-bond donors (Lipinski definition) is 2. The number of aryl methyl sites for hydroxylation is 1. The van der Waals surface area contributed by atoms with Gasteiger partial charge in [0, 0.05) is 23.4 Å². The van der Waals surface area contributed by atoms with Gasteiger partial charge < -0.3 is 10.7 Å². The van der Waals surface area contributed by atoms with Crippen molar-refractivity contribution in [2.75, 3.05) is 5.73 Å². The molecule has 0 saturated carbocycles. The third kappa shape index (κ3) is 2.57. The molecule has 20 heavy (non-hydrogen) atoms. The van der Waals surface area contributed by atoms with Gasteiger partial charge in [0.1, 0.15) is 5.82 Å². The van der Waals surface area contributed by atoms with Crippen LogP contribution in [0.5, 0.6) is 0 Å². The maximum absolute atomic E-state index is 5.84. The van der Waals surface area contributed by atoms with E-state index in [-0.39, 0.29) is 0 Å². The first-order chi connectivity index (χ1) is 9.72. The molecule has 2 aromatic carbocycles. The summed E-state index contributed by atoms with van der Waals surface area (Å²) in [6.45, 7) is 2.04. The Morgan fingerprint density at radius 3 is 2.60 bits per heavy atom. The van der Waals surface area contributed by atoms with E-state index < -0.39 is 0 Å². The highest BCUT2D eigenvalue weighted by Crippen LogP contribution is 2.23. The van der Waals surface area contributed by atoms with Crippen LogP contribution < -0.4 is 5.73 Å². The molecular formula is C17H17N3. The summed E-state index contributed by atoms with van der Waals surface area (Å²) in [5.74, 6) is 0.978. The van der Waals surface area contributed by atoms with E-state index in [9.17, 15) is 0 Å². The Balaban J connectivity index is 1.91. The van der Waals surface area contributed by atoms with Gasteiger partial charge in [-0.1, -0.05) is 42.5 Å². The van der Waals surface area contributed by atoms with E-state index in [1.807, 2.05) is 49.4 Å². The van der Waals surface area contributed by atoms with E-state index in [0.717, 1.165) is 34.9 Å². The Hall–Kier alpha value is -2.55. The molecule has 3 N–H and O–H groups in total. The van der Waals surface area contributed by atoms with Crippen molar-refractivity contribution in [1.82, 2.24) is 9.97 Å². The first-order valence-corrected chi connectivity index (χ1v) is 6.68. The summed E-state index contributed by atoms with van der Waals surface area (Å²) >= 11 is 0. The van der Waals surface area contributed by atoms with Gasteiger partial charge in [0.15, 0.2) is 0 Å². The molecule has 3 heteroatoms. The molecule has 0 saturated heterocycles. The number of aromatic nitrogens is 2. The van der Waals surface area contributed by atoms with Crippen LogP contribution in [0.1, 0.15) is 17.1 Å². The summed E-state index contributed by atoms with van der Waals surface area (Å²) in [7, 11) is 0. The Morgan fingerprint density at radius 1 is 1.05 bits per heavy atom. The number of aromatic amines is 1. The maximum Gasteiger partial charge on any atom is 0.111 e. The van der Waals surface area contributed by atoms with E-state index in [1.165, 1.54) is 5.56 Å². The fourth-order valence-electron chi connectivity index (χ4n) is 2.36. The Bertz CT molecular complexity index is 714. The molecule has 3 nitrogen and oxygen atoms in total. The molecule has 0 unspecified atom stereocenters. The molecule has 1 heterocycles. The van der Waals surface area contributed by atoms with Crippen molar-refractivity contribution < 1.29 is 0 Å². The number of H-pyrrole nitrogens is 1. The van der Waals surface area contributed by atoms with E-state index in [2.05, 4.69) is 17.1 Å². The van der Waals surface area contributed by atoms with Crippen molar-refractivity contribution in [1.29, 1.82) is 0 Å². The minimum atomic E-state index is 0.759. The van der Waals surface area contributed by atoms with Crippen LogP contribution in [0.25, 0.3) is 11.3 Å². The van der Waals surface area contributed by atoms with Gasteiger partial charge in [-0.05, 0) is 24.6 Å². The minimum Gasteiger partial charge on any atom is -0.399 e. The van der Waals surface area contributed by atoms with Gasteiger partial charge in [-0.15, -0.1) is 0 Å². The van der Waals surface area contributed by atoms with Crippen LogP contribution in [0, 0.1) is 6.92 Å². The SMILES string of the molecule is Cc1[nH]c(Cc2ccccc2)nc1-c1cccc(N)c1. The zero-order valence-corrected chi connectivity index (χ0v) is 11.4. The molecular weight excluding hydrogens is 246 g/mol. The van der Waals surface area contributed by atoms with Crippen molar-refractivity contribution >= 4 is 5.69 Å². The number of imidazole rings is 1. The van der Waals surface area contributed by atoms with Gasteiger partial charge in [-0.2, -0.15) is 0 Å². The van der Waals surface area contributed by atoms with Crippen molar-refractivity contribution in [3.05, 3.63) is 71.7 Å². The largest absolute Gasteiger partial charge is 0.399 e. The average Bonchev–Trinajstić information content (AvgIpc) is 2.81. The molecule has 1 aromatic heterocycles. The monoisotopic (exact) mass is 263 g/mol. The van der Waals surface area contributed by atoms with Gasteiger partial charge in [-0.3, -0.25) is 0 Å². The summed E-state index contributed by atoms with van der Waals surface area (Å²) in [5.41, 5.74) is 10.9. The number of hydrogen-bond acceptors (Lipinski definition) is 2. The van der Waals surface area contributed by atoms with E-state index >= 15 is 0 Å². The molecule has 0 amide bonds. The highest BCUT2D eigenvalue weighted by molar-refractivity contribution is 5.66. The fourth-order valence-corrected chi connectivity index (χ4v) is 2.36. The number of rotatable bonds is 3. The van der Waals surface area contributed by atoms with Crippen molar-refractivity contribution in [2.24, 2.45) is 0 Å². The Labute approximate surface area is 118 Å². The molecule has 3 aromatic rings. The number of nitrogens with one attached hydrogen (secondary N) is 1. The summed E-state index contributed by atoms with van der Waals surface area (Å²) in [4.78, 5) is 8.06. The summed E-state index contributed by atoms with van der Waals surface area (Å²) in [5, 5.41) is 0. The molecule has 0 aliphatic rings. The number of nitrogens with zero attached hydrogens (tertiary/aromatic N) is 1. The number of nitrogens with two attached hydrogens (primary N) is 1. The average molecular weight is 263 g/mol. The number of benzene rings is 2. The second kappa shape index (κ2) is 5.21. The fraction of sp³-hybridized carbons (Fsp3) is 0.118. The molecule has 100 valence electrons. The van der Waals surface area contributed by atoms with Gasteiger partial charge in [0.2, 0.25) is 0 Å². The lowest BCUT2D eigenvalue weighted by molar-refractivity contribution is 1.02. The lowest BCUT2D eigenvalue weighted by Crippen LogP contribution is -1.90. The predicted octanol–water partition coefficient (Wildman–Crippen LogP) is 3.56. The first kappa shape index (κ1) is 12.5. The highest BCUT2D eigenvalue weighted by Gasteiger charge is 2.09. The predicted molar refractivity (Wildman–Crippen MR) is 82.4 cm³/mol. The molecule has 0 radical (unpaired) electrons. The summed E-state index contributed by atoms with van der Waals surface area (Å²) in [6, 6.07) is 18.2. The minimum absolute atomic E-state index is 0.759. The molecule has 0 aliphatic carbocycles. The summed E-state index contributed by atoms with van der Waals surface area (Å²) < 4.78 is 0. The molecule has 0 bridgehead atoms. The summed E-state index contributed by atoms with van der Waals surface area (Å²) in [6.07, 6.45) is 0.810. The topological polar surface area (TPSA) is 54.7 Å². The maximum atomic E-state index is 5.84. The molecule has 3 rings (SSSR count). The van der Waals surface area contributed by atoms with E-state index in [0.29, 0.717) is 0 Å². The van der Waals surface area contributed by atoms with Gasteiger partial charge in [0.25, 0.3) is 0 Å². The lowest BCUT2D eigenvalue weighted by Gasteiger charge is -1.99. The van der Waals surface area contributed by atoms with E-state index in [4.69, 9.17) is 10.7 Å². The third-order valence-corrected chi connectivity index (χ3v) is 3.31. The zero-order chi connectivity index (χ0) is 13.9. The van der Waals surface area contributed by atoms with Crippen LogP contribution in [-0.2, 0) is 6.42 Å². The third-order valence-electron chi connectivity index (χ3n) is 3.31. The van der Waals surface area contributed by atoms with Crippen molar-refractivity contribution in [3.8, 4) is 11.3 Å². The quantitative estimate of drug-likeness (QED) is 0.710. The number of anilines is 1.